The van der Waals surface area contributed by atoms with Crippen LogP contribution in [0.2, 0.25) is 0 Å². The molecule has 1 fully saturated rings. The van der Waals surface area contributed by atoms with Gasteiger partial charge in [0.15, 0.2) is 11.5 Å². The van der Waals surface area contributed by atoms with Crippen molar-refractivity contribution in [2.24, 2.45) is 5.92 Å². The maximum absolute atomic E-state index is 10.5. The summed E-state index contributed by atoms with van der Waals surface area (Å²) in [5.41, 5.74) is 0.813. The Labute approximate surface area is 121 Å². The molecule has 2 atom stereocenters. The van der Waals surface area contributed by atoms with Crippen LogP contribution in [-0.4, -0.2) is 32.5 Å². The molecule has 1 aromatic carbocycles. The van der Waals surface area contributed by atoms with E-state index in [2.05, 4.69) is 15.9 Å². The standard InChI is InChI=1S/C14H19BrO4/c1-17-12-6-10(11(15)7-13(12)18-2)14(16)9-4-3-5-19-8-9/h6-7,9,14,16H,3-5,8H2,1-2H3. The molecule has 0 spiro atoms. The lowest BCUT2D eigenvalue weighted by atomic mass is 9.91. The zero-order chi connectivity index (χ0) is 13.8. The molecule has 0 aromatic heterocycles. The van der Waals surface area contributed by atoms with Gasteiger partial charge in [0.2, 0.25) is 0 Å². The van der Waals surface area contributed by atoms with Gasteiger partial charge in [0.25, 0.3) is 0 Å². The second-order valence-electron chi connectivity index (χ2n) is 4.65. The van der Waals surface area contributed by atoms with Crippen molar-refractivity contribution in [2.75, 3.05) is 27.4 Å². The Bertz CT molecular complexity index is 430. The van der Waals surface area contributed by atoms with Crippen LogP contribution < -0.4 is 9.47 Å². The largest absolute Gasteiger partial charge is 0.493 e. The summed E-state index contributed by atoms with van der Waals surface area (Å²) in [6.07, 6.45) is 1.41. The Hall–Kier alpha value is -0.780. The summed E-state index contributed by atoms with van der Waals surface area (Å²) in [6.45, 7) is 1.39. The molecule has 106 valence electrons. The maximum Gasteiger partial charge on any atom is 0.161 e. The summed E-state index contributed by atoms with van der Waals surface area (Å²) in [6, 6.07) is 3.64. The summed E-state index contributed by atoms with van der Waals surface area (Å²) in [5.74, 6) is 1.39. The van der Waals surface area contributed by atoms with Gasteiger partial charge in [-0.2, -0.15) is 0 Å². The molecular formula is C14H19BrO4. The maximum atomic E-state index is 10.5. The topological polar surface area (TPSA) is 47.9 Å². The lowest BCUT2D eigenvalue weighted by Gasteiger charge is -2.28. The predicted molar refractivity (Wildman–Crippen MR) is 75.7 cm³/mol. The average molecular weight is 331 g/mol. The van der Waals surface area contributed by atoms with Crippen molar-refractivity contribution in [2.45, 2.75) is 18.9 Å². The van der Waals surface area contributed by atoms with Gasteiger partial charge in [-0.1, -0.05) is 15.9 Å². The fraction of sp³-hybridized carbons (Fsp3) is 0.571. The number of rotatable bonds is 4. The first-order valence-electron chi connectivity index (χ1n) is 6.34. The molecule has 2 rings (SSSR count). The molecule has 1 heterocycles. The predicted octanol–water partition coefficient (Wildman–Crippen LogP) is 2.93. The van der Waals surface area contributed by atoms with E-state index in [0.717, 1.165) is 29.5 Å². The van der Waals surface area contributed by atoms with Crippen LogP contribution >= 0.6 is 15.9 Å². The Balaban J connectivity index is 2.27. The van der Waals surface area contributed by atoms with Crippen LogP contribution in [0.15, 0.2) is 16.6 Å². The normalized spacial score (nSPS) is 20.9. The second-order valence-corrected chi connectivity index (χ2v) is 5.51. The second kappa shape index (κ2) is 6.59. The van der Waals surface area contributed by atoms with Gasteiger partial charge in [-0.25, -0.2) is 0 Å². The molecule has 0 aliphatic carbocycles. The van der Waals surface area contributed by atoms with Gasteiger partial charge < -0.3 is 19.3 Å². The molecule has 19 heavy (non-hydrogen) atoms. The highest BCUT2D eigenvalue weighted by molar-refractivity contribution is 9.10. The number of ether oxygens (including phenoxy) is 3. The van der Waals surface area contributed by atoms with Crippen LogP contribution in [0.3, 0.4) is 0 Å². The summed E-state index contributed by atoms with van der Waals surface area (Å²) >= 11 is 3.48. The van der Waals surface area contributed by atoms with Crippen LogP contribution in [0.4, 0.5) is 0 Å². The third-order valence-corrected chi connectivity index (χ3v) is 4.15. The van der Waals surface area contributed by atoms with Gasteiger partial charge in [0, 0.05) is 17.0 Å². The fourth-order valence-electron chi connectivity index (χ4n) is 2.37. The third kappa shape index (κ3) is 3.22. The lowest BCUT2D eigenvalue weighted by Crippen LogP contribution is -2.24. The van der Waals surface area contributed by atoms with Crippen molar-refractivity contribution in [3.8, 4) is 11.5 Å². The molecule has 2 unspecified atom stereocenters. The summed E-state index contributed by atoms with van der Waals surface area (Å²) in [7, 11) is 3.18. The number of methoxy groups -OCH3 is 2. The molecule has 5 heteroatoms. The van der Waals surface area contributed by atoms with Crippen LogP contribution in [0.25, 0.3) is 0 Å². The zero-order valence-electron chi connectivity index (χ0n) is 11.2. The first-order valence-corrected chi connectivity index (χ1v) is 7.14. The lowest BCUT2D eigenvalue weighted by molar-refractivity contribution is -0.0103. The van der Waals surface area contributed by atoms with Gasteiger partial charge in [0.05, 0.1) is 26.9 Å². The van der Waals surface area contributed by atoms with Gasteiger partial charge in [-0.3, -0.25) is 0 Å². The molecule has 0 amide bonds. The Morgan fingerprint density at radius 1 is 1.32 bits per heavy atom. The number of halogens is 1. The number of hydrogen-bond donors (Lipinski definition) is 1. The summed E-state index contributed by atoms with van der Waals surface area (Å²) in [4.78, 5) is 0. The number of aliphatic hydroxyl groups excluding tert-OH is 1. The van der Waals surface area contributed by atoms with E-state index < -0.39 is 6.10 Å². The molecule has 1 aliphatic rings. The molecule has 1 saturated heterocycles. The smallest absolute Gasteiger partial charge is 0.161 e. The first kappa shape index (κ1) is 14.6. The van der Waals surface area contributed by atoms with E-state index in [0.29, 0.717) is 18.1 Å². The van der Waals surface area contributed by atoms with E-state index in [-0.39, 0.29) is 5.92 Å². The highest BCUT2D eigenvalue weighted by Crippen LogP contribution is 2.39. The van der Waals surface area contributed by atoms with Gasteiger partial charge in [0.1, 0.15) is 0 Å². The van der Waals surface area contributed by atoms with Crippen molar-refractivity contribution in [3.05, 3.63) is 22.2 Å². The quantitative estimate of drug-likeness (QED) is 0.922. The molecule has 1 N–H and O–H groups in total. The molecule has 0 bridgehead atoms. The van der Waals surface area contributed by atoms with E-state index >= 15 is 0 Å². The Morgan fingerprint density at radius 3 is 2.58 bits per heavy atom. The minimum atomic E-state index is -0.561. The van der Waals surface area contributed by atoms with Crippen molar-refractivity contribution >= 4 is 15.9 Å². The molecular weight excluding hydrogens is 312 g/mol. The molecule has 0 radical (unpaired) electrons. The van der Waals surface area contributed by atoms with E-state index in [4.69, 9.17) is 14.2 Å². The van der Waals surface area contributed by atoms with Crippen molar-refractivity contribution in [1.82, 2.24) is 0 Å². The molecule has 1 aromatic rings. The fourth-order valence-corrected chi connectivity index (χ4v) is 2.92. The highest BCUT2D eigenvalue weighted by Gasteiger charge is 2.26. The summed E-state index contributed by atoms with van der Waals surface area (Å²) < 4.78 is 16.8. The van der Waals surface area contributed by atoms with Crippen LogP contribution in [0.5, 0.6) is 11.5 Å². The summed E-state index contributed by atoms with van der Waals surface area (Å²) in [5, 5.41) is 10.5. The van der Waals surface area contributed by atoms with E-state index in [1.165, 1.54) is 0 Å². The van der Waals surface area contributed by atoms with Crippen LogP contribution in [-0.2, 0) is 4.74 Å². The van der Waals surface area contributed by atoms with E-state index in [1.54, 1.807) is 14.2 Å². The first-order chi connectivity index (χ1) is 9.17. The number of aliphatic hydroxyl groups is 1. The highest BCUT2D eigenvalue weighted by atomic mass is 79.9. The van der Waals surface area contributed by atoms with Gasteiger partial charge in [-0.15, -0.1) is 0 Å². The molecule has 1 aliphatic heterocycles. The van der Waals surface area contributed by atoms with Crippen molar-refractivity contribution in [1.29, 1.82) is 0 Å². The monoisotopic (exact) mass is 330 g/mol. The number of hydrogen-bond acceptors (Lipinski definition) is 4. The minimum Gasteiger partial charge on any atom is -0.493 e. The van der Waals surface area contributed by atoms with Crippen LogP contribution in [0, 0.1) is 5.92 Å². The van der Waals surface area contributed by atoms with Crippen LogP contribution in [0.1, 0.15) is 24.5 Å². The average Bonchev–Trinajstić information content (AvgIpc) is 2.47. The van der Waals surface area contributed by atoms with E-state index in [1.807, 2.05) is 12.1 Å². The van der Waals surface area contributed by atoms with Gasteiger partial charge >= 0.3 is 0 Å². The molecule has 0 saturated carbocycles. The molecule has 4 nitrogen and oxygen atoms in total. The minimum absolute atomic E-state index is 0.128. The Kier molecular flexibility index (Phi) is 5.07. The van der Waals surface area contributed by atoms with E-state index in [9.17, 15) is 5.11 Å². The number of benzene rings is 1. The third-order valence-electron chi connectivity index (χ3n) is 3.46. The van der Waals surface area contributed by atoms with Crippen molar-refractivity contribution < 1.29 is 19.3 Å². The Morgan fingerprint density at radius 2 is 2.00 bits per heavy atom. The van der Waals surface area contributed by atoms with Crippen molar-refractivity contribution in [3.63, 3.8) is 0 Å². The van der Waals surface area contributed by atoms with Gasteiger partial charge in [-0.05, 0) is 30.5 Å². The SMILES string of the molecule is COc1cc(Br)c(C(O)C2CCCOC2)cc1OC. The zero-order valence-corrected chi connectivity index (χ0v) is 12.8.